The summed E-state index contributed by atoms with van der Waals surface area (Å²) < 4.78 is 1.72. The number of hydrazine groups is 1. The van der Waals surface area contributed by atoms with Gasteiger partial charge in [-0.05, 0) is 11.4 Å². The second-order valence-electron chi connectivity index (χ2n) is 4.81. The standard InChI is InChI=1S/C16H13N5S/c17-19-16-9-12(11-5-2-1-3-6-11)18-15-10-13(20-21(15)16)14-7-4-8-22-14/h1-10,19H,17H2. The van der Waals surface area contributed by atoms with Crippen LogP contribution < -0.4 is 11.3 Å². The Bertz CT molecular complexity index is 913. The minimum absolute atomic E-state index is 0.701. The number of anilines is 1. The van der Waals surface area contributed by atoms with Crippen LogP contribution >= 0.6 is 11.3 Å². The van der Waals surface area contributed by atoms with Crippen LogP contribution in [0.25, 0.3) is 27.5 Å². The van der Waals surface area contributed by atoms with E-state index in [2.05, 4.69) is 10.5 Å². The van der Waals surface area contributed by atoms with Gasteiger partial charge in [0.15, 0.2) is 5.65 Å². The predicted octanol–water partition coefficient (Wildman–Crippen LogP) is 3.41. The normalized spacial score (nSPS) is 11.0. The van der Waals surface area contributed by atoms with Crippen molar-refractivity contribution in [3.8, 4) is 21.8 Å². The van der Waals surface area contributed by atoms with Gasteiger partial charge in [-0.25, -0.2) is 10.8 Å². The molecule has 3 aromatic heterocycles. The third kappa shape index (κ3) is 2.14. The lowest BCUT2D eigenvalue weighted by atomic mass is 10.1. The predicted molar refractivity (Wildman–Crippen MR) is 89.5 cm³/mol. The summed E-state index contributed by atoms with van der Waals surface area (Å²) in [6.07, 6.45) is 0. The molecule has 0 radical (unpaired) electrons. The number of hydrogen-bond donors (Lipinski definition) is 2. The lowest BCUT2D eigenvalue weighted by Crippen LogP contribution is -2.12. The zero-order chi connectivity index (χ0) is 14.9. The molecule has 0 amide bonds. The molecular formula is C16H13N5S. The van der Waals surface area contributed by atoms with Gasteiger partial charge in [-0.2, -0.15) is 9.61 Å². The number of hydrogen-bond acceptors (Lipinski definition) is 5. The molecule has 0 saturated heterocycles. The molecule has 4 rings (SSSR count). The lowest BCUT2D eigenvalue weighted by molar-refractivity contribution is 0.942. The summed E-state index contributed by atoms with van der Waals surface area (Å²) in [6.45, 7) is 0. The van der Waals surface area contributed by atoms with Crippen molar-refractivity contribution >= 4 is 22.8 Å². The minimum atomic E-state index is 0.701. The van der Waals surface area contributed by atoms with Crippen LogP contribution in [-0.4, -0.2) is 14.6 Å². The zero-order valence-corrected chi connectivity index (χ0v) is 12.4. The first-order valence-corrected chi connectivity index (χ1v) is 7.70. The van der Waals surface area contributed by atoms with Gasteiger partial charge in [0, 0.05) is 17.7 Å². The molecule has 0 bridgehead atoms. The monoisotopic (exact) mass is 307 g/mol. The number of benzene rings is 1. The van der Waals surface area contributed by atoms with Crippen molar-refractivity contribution in [1.29, 1.82) is 0 Å². The number of nitrogen functional groups attached to an aromatic ring is 1. The fraction of sp³-hybridized carbons (Fsp3) is 0. The van der Waals surface area contributed by atoms with Gasteiger partial charge in [0.2, 0.25) is 0 Å². The average molecular weight is 307 g/mol. The first-order chi connectivity index (χ1) is 10.8. The van der Waals surface area contributed by atoms with Gasteiger partial charge in [0.05, 0.1) is 10.6 Å². The van der Waals surface area contributed by atoms with E-state index in [0.717, 1.165) is 27.5 Å². The third-order valence-electron chi connectivity index (χ3n) is 3.42. The summed E-state index contributed by atoms with van der Waals surface area (Å²) in [5, 5.41) is 6.61. The van der Waals surface area contributed by atoms with Gasteiger partial charge in [0.1, 0.15) is 11.5 Å². The Labute approximate surface area is 131 Å². The highest BCUT2D eigenvalue weighted by atomic mass is 32.1. The molecule has 0 unspecified atom stereocenters. The van der Waals surface area contributed by atoms with Crippen molar-refractivity contribution in [2.24, 2.45) is 5.84 Å². The number of nitrogens with one attached hydrogen (secondary N) is 1. The molecule has 3 heterocycles. The second kappa shape index (κ2) is 5.25. The Morgan fingerprint density at radius 1 is 1.00 bits per heavy atom. The number of rotatable bonds is 3. The van der Waals surface area contributed by atoms with Gasteiger partial charge >= 0.3 is 0 Å². The Morgan fingerprint density at radius 3 is 2.59 bits per heavy atom. The van der Waals surface area contributed by atoms with Crippen molar-refractivity contribution in [2.45, 2.75) is 0 Å². The molecule has 0 aliphatic carbocycles. The Hall–Kier alpha value is -2.70. The summed E-state index contributed by atoms with van der Waals surface area (Å²) >= 11 is 1.65. The van der Waals surface area contributed by atoms with Crippen LogP contribution in [0.3, 0.4) is 0 Å². The van der Waals surface area contributed by atoms with Crippen molar-refractivity contribution in [3.05, 3.63) is 60.0 Å². The third-order valence-corrected chi connectivity index (χ3v) is 4.31. The SMILES string of the molecule is NNc1cc(-c2ccccc2)nc2cc(-c3cccs3)nn12. The van der Waals surface area contributed by atoms with E-state index >= 15 is 0 Å². The molecule has 1 aromatic carbocycles. The number of nitrogens with zero attached hydrogens (tertiary/aromatic N) is 3. The highest BCUT2D eigenvalue weighted by molar-refractivity contribution is 7.13. The summed E-state index contributed by atoms with van der Waals surface area (Å²) in [4.78, 5) is 5.80. The molecule has 0 atom stereocenters. The molecule has 0 fully saturated rings. The molecule has 22 heavy (non-hydrogen) atoms. The van der Waals surface area contributed by atoms with Crippen LogP contribution in [0, 0.1) is 0 Å². The second-order valence-corrected chi connectivity index (χ2v) is 5.76. The molecule has 0 aliphatic heterocycles. The molecule has 0 saturated carbocycles. The van der Waals surface area contributed by atoms with Gasteiger partial charge in [-0.1, -0.05) is 36.4 Å². The Balaban J connectivity index is 1.92. The molecule has 108 valence electrons. The van der Waals surface area contributed by atoms with E-state index in [9.17, 15) is 0 Å². The van der Waals surface area contributed by atoms with E-state index in [1.54, 1.807) is 15.9 Å². The smallest absolute Gasteiger partial charge is 0.158 e. The first kappa shape index (κ1) is 13.0. The highest BCUT2D eigenvalue weighted by Gasteiger charge is 2.11. The summed E-state index contributed by atoms with van der Waals surface area (Å²) in [5.74, 6) is 6.36. The average Bonchev–Trinajstić information content (AvgIpc) is 3.23. The zero-order valence-electron chi connectivity index (χ0n) is 11.6. The van der Waals surface area contributed by atoms with Gasteiger partial charge < -0.3 is 5.43 Å². The van der Waals surface area contributed by atoms with Crippen molar-refractivity contribution in [2.75, 3.05) is 5.43 Å². The minimum Gasteiger partial charge on any atom is -0.308 e. The lowest BCUT2D eigenvalue weighted by Gasteiger charge is -2.07. The summed E-state index contributed by atoms with van der Waals surface area (Å²) in [5.41, 5.74) is 6.26. The van der Waals surface area contributed by atoms with Crippen LogP contribution in [0.15, 0.2) is 60.0 Å². The van der Waals surface area contributed by atoms with Gasteiger partial charge in [-0.15, -0.1) is 11.3 Å². The van der Waals surface area contributed by atoms with Crippen molar-refractivity contribution in [3.63, 3.8) is 0 Å². The molecule has 3 N–H and O–H groups in total. The molecule has 5 nitrogen and oxygen atoms in total. The van der Waals surface area contributed by atoms with Crippen LogP contribution in [0.2, 0.25) is 0 Å². The van der Waals surface area contributed by atoms with Crippen molar-refractivity contribution < 1.29 is 0 Å². The van der Waals surface area contributed by atoms with Crippen LogP contribution in [0.5, 0.6) is 0 Å². The van der Waals surface area contributed by atoms with E-state index in [-0.39, 0.29) is 0 Å². The number of nitrogens with two attached hydrogens (primary N) is 1. The van der Waals surface area contributed by atoms with Crippen LogP contribution in [-0.2, 0) is 0 Å². The molecule has 6 heteroatoms. The fourth-order valence-electron chi connectivity index (χ4n) is 2.38. The highest BCUT2D eigenvalue weighted by Crippen LogP contribution is 2.27. The van der Waals surface area contributed by atoms with Crippen molar-refractivity contribution in [1.82, 2.24) is 14.6 Å². The number of thiophene rings is 1. The summed E-state index contributed by atoms with van der Waals surface area (Å²) in [6, 6.07) is 17.9. The maximum absolute atomic E-state index is 5.65. The Kier molecular flexibility index (Phi) is 3.10. The molecule has 0 aliphatic rings. The quantitative estimate of drug-likeness (QED) is 0.449. The maximum Gasteiger partial charge on any atom is 0.158 e. The van der Waals surface area contributed by atoms with Crippen LogP contribution in [0.1, 0.15) is 0 Å². The topological polar surface area (TPSA) is 68.2 Å². The van der Waals surface area contributed by atoms with E-state index < -0.39 is 0 Å². The molecular weight excluding hydrogens is 294 g/mol. The molecule has 4 aromatic rings. The summed E-state index contributed by atoms with van der Waals surface area (Å²) in [7, 11) is 0. The van der Waals surface area contributed by atoms with Gasteiger partial charge in [0.25, 0.3) is 0 Å². The largest absolute Gasteiger partial charge is 0.308 e. The van der Waals surface area contributed by atoms with E-state index in [1.807, 2.05) is 60.0 Å². The maximum atomic E-state index is 5.65. The first-order valence-electron chi connectivity index (χ1n) is 6.82. The number of fused-ring (bicyclic) bond motifs is 1. The van der Waals surface area contributed by atoms with E-state index in [1.165, 1.54) is 0 Å². The van der Waals surface area contributed by atoms with Crippen LogP contribution in [0.4, 0.5) is 5.82 Å². The van der Waals surface area contributed by atoms with E-state index in [4.69, 9.17) is 10.8 Å². The van der Waals surface area contributed by atoms with E-state index in [0.29, 0.717) is 5.82 Å². The van der Waals surface area contributed by atoms with Gasteiger partial charge in [-0.3, -0.25) is 0 Å². The molecule has 0 spiro atoms. The number of aromatic nitrogens is 3. The fourth-order valence-corrected chi connectivity index (χ4v) is 3.06. The Morgan fingerprint density at radius 2 is 1.86 bits per heavy atom.